The average molecular weight is 448 g/mol. The quantitative estimate of drug-likeness (QED) is 0.775. The van der Waals surface area contributed by atoms with Gasteiger partial charge in [0.15, 0.2) is 10.9 Å². The first-order valence-corrected chi connectivity index (χ1v) is 12.2. The fourth-order valence-electron chi connectivity index (χ4n) is 4.10. The summed E-state index contributed by atoms with van der Waals surface area (Å²) in [6.07, 6.45) is 2.21. The molecule has 0 spiro atoms. The van der Waals surface area contributed by atoms with Gasteiger partial charge in [0.1, 0.15) is 6.04 Å². The second kappa shape index (κ2) is 7.55. The van der Waals surface area contributed by atoms with E-state index in [1.807, 2.05) is 20.8 Å². The van der Waals surface area contributed by atoms with E-state index in [2.05, 4.69) is 10.3 Å². The topological polar surface area (TPSA) is 96.4 Å². The Morgan fingerprint density at radius 2 is 1.93 bits per heavy atom. The van der Waals surface area contributed by atoms with Crippen LogP contribution < -0.4 is 5.32 Å². The molecule has 1 atom stereocenters. The van der Waals surface area contributed by atoms with Gasteiger partial charge < -0.3 is 5.32 Å². The van der Waals surface area contributed by atoms with Gasteiger partial charge in [0, 0.05) is 13.0 Å². The Balaban J connectivity index is 1.54. The van der Waals surface area contributed by atoms with Crippen molar-refractivity contribution in [1.29, 1.82) is 0 Å². The van der Waals surface area contributed by atoms with Crippen LogP contribution in [0.4, 0.5) is 5.13 Å². The van der Waals surface area contributed by atoms with Gasteiger partial charge in [-0.05, 0) is 43.7 Å². The van der Waals surface area contributed by atoms with Crippen LogP contribution in [0.2, 0.25) is 0 Å². The minimum atomic E-state index is -3.77. The van der Waals surface area contributed by atoms with Crippen molar-refractivity contribution in [2.75, 3.05) is 11.9 Å². The first-order valence-electron chi connectivity index (χ1n) is 9.99. The molecule has 0 saturated carbocycles. The van der Waals surface area contributed by atoms with Crippen molar-refractivity contribution >= 4 is 38.2 Å². The number of nitrogens with one attached hydrogen (secondary N) is 1. The van der Waals surface area contributed by atoms with E-state index in [0.717, 1.165) is 5.56 Å². The Kier molecular flexibility index (Phi) is 5.32. The molecule has 1 aromatic heterocycles. The van der Waals surface area contributed by atoms with Crippen LogP contribution in [0.3, 0.4) is 0 Å². The molecule has 1 N–H and O–H groups in total. The zero-order valence-corrected chi connectivity index (χ0v) is 18.9. The average Bonchev–Trinajstić information content (AvgIpc) is 3.28. The Hall–Kier alpha value is -2.10. The number of ketones is 1. The molecule has 1 aliphatic carbocycles. The number of Topliss-reactive ketones (excluding diaryl/α,β-unsaturated/α-hetero) is 1. The van der Waals surface area contributed by atoms with E-state index in [4.69, 9.17) is 0 Å². The summed E-state index contributed by atoms with van der Waals surface area (Å²) < 4.78 is 27.4. The van der Waals surface area contributed by atoms with Gasteiger partial charge in [0.2, 0.25) is 15.9 Å². The molecule has 30 heavy (non-hydrogen) atoms. The van der Waals surface area contributed by atoms with Crippen LogP contribution in [-0.2, 0) is 21.2 Å². The van der Waals surface area contributed by atoms with Crippen LogP contribution in [-0.4, -0.2) is 42.0 Å². The number of amides is 1. The fourth-order valence-corrected chi connectivity index (χ4v) is 6.68. The van der Waals surface area contributed by atoms with E-state index in [9.17, 15) is 18.0 Å². The molecule has 4 rings (SSSR count). The van der Waals surface area contributed by atoms with Gasteiger partial charge >= 0.3 is 0 Å². The third-order valence-corrected chi connectivity index (χ3v) is 8.58. The molecule has 7 nitrogen and oxygen atoms in total. The Labute approximate surface area is 180 Å². The highest BCUT2D eigenvalue weighted by Crippen LogP contribution is 2.38. The minimum absolute atomic E-state index is 0.0451. The summed E-state index contributed by atoms with van der Waals surface area (Å²) >= 11 is 1.18. The highest BCUT2D eigenvalue weighted by molar-refractivity contribution is 7.89. The van der Waals surface area contributed by atoms with Crippen molar-refractivity contribution in [2.24, 2.45) is 5.41 Å². The first-order chi connectivity index (χ1) is 14.1. The van der Waals surface area contributed by atoms with Crippen LogP contribution in [0.1, 0.15) is 54.0 Å². The van der Waals surface area contributed by atoms with E-state index in [1.165, 1.54) is 15.6 Å². The molecule has 2 heterocycles. The van der Waals surface area contributed by atoms with Crippen molar-refractivity contribution in [1.82, 2.24) is 9.29 Å². The number of carbonyl (C=O) groups excluding carboxylic acids is 2. The van der Waals surface area contributed by atoms with Crippen LogP contribution >= 0.6 is 11.3 Å². The summed E-state index contributed by atoms with van der Waals surface area (Å²) in [4.78, 5) is 30.6. The predicted octanol–water partition coefficient (Wildman–Crippen LogP) is 3.40. The molecule has 2 aromatic rings. The molecule has 1 fully saturated rings. The number of carbonyl (C=O) groups is 2. The smallest absolute Gasteiger partial charge is 0.244 e. The Morgan fingerprint density at radius 1 is 1.23 bits per heavy atom. The lowest BCUT2D eigenvalue weighted by molar-refractivity contribution is -0.119. The first kappa shape index (κ1) is 21.1. The van der Waals surface area contributed by atoms with Gasteiger partial charge in [-0.3, -0.25) is 9.59 Å². The Morgan fingerprint density at radius 3 is 2.63 bits per heavy atom. The summed E-state index contributed by atoms with van der Waals surface area (Å²) in [6.45, 7) is 6.24. The number of thiazole rings is 1. The Bertz CT molecular complexity index is 1100. The summed E-state index contributed by atoms with van der Waals surface area (Å²) in [5.41, 5.74) is 1.53. The van der Waals surface area contributed by atoms with Crippen molar-refractivity contribution in [2.45, 2.75) is 57.4 Å². The predicted molar refractivity (Wildman–Crippen MR) is 115 cm³/mol. The molecule has 1 amide bonds. The molecule has 1 unspecified atom stereocenters. The number of aromatic nitrogens is 1. The minimum Gasteiger partial charge on any atom is -0.301 e. The maximum atomic E-state index is 13.1. The van der Waals surface area contributed by atoms with Gasteiger partial charge in [0.25, 0.3) is 0 Å². The normalized spacial score (nSPS) is 21.4. The second-order valence-corrected chi connectivity index (χ2v) is 11.7. The maximum absolute atomic E-state index is 13.1. The molecular formula is C21H25N3O4S2. The number of hydrogen-bond acceptors (Lipinski definition) is 6. The molecule has 1 aliphatic heterocycles. The summed E-state index contributed by atoms with van der Waals surface area (Å²) in [7, 11) is -3.77. The van der Waals surface area contributed by atoms with Crippen molar-refractivity contribution in [3.05, 3.63) is 40.4 Å². The van der Waals surface area contributed by atoms with E-state index < -0.39 is 22.0 Å². The maximum Gasteiger partial charge on any atom is 0.244 e. The van der Waals surface area contributed by atoms with Crippen molar-refractivity contribution in [3.63, 3.8) is 0 Å². The number of nitrogens with zero attached hydrogens (tertiary/aromatic N) is 2. The molecular weight excluding hydrogens is 422 g/mol. The number of hydrogen-bond donors (Lipinski definition) is 1. The lowest BCUT2D eigenvalue weighted by atomic mass is 9.78. The molecule has 2 aliphatic rings. The molecule has 1 saturated heterocycles. The lowest BCUT2D eigenvalue weighted by Gasteiger charge is -2.26. The molecule has 0 bridgehead atoms. The van der Waals surface area contributed by atoms with Crippen molar-refractivity contribution in [3.8, 4) is 0 Å². The zero-order chi connectivity index (χ0) is 21.7. The van der Waals surface area contributed by atoms with Gasteiger partial charge in [-0.15, -0.1) is 0 Å². The highest BCUT2D eigenvalue weighted by Gasteiger charge is 2.40. The number of anilines is 1. The fraction of sp³-hybridized carbons (Fsp3) is 0.476. The van der Waals surface area contributed by atoms with E-state index in [1.54, 1.807) is 24.3 Å². The van der Waals surface area contributed by atoms with Crippen LogP contribution in [0, 0.1) is 12.3 Å². The third-order valence-electron chi connectivity index (χ3n) is 5.60. The van der Waals surface area contributed by atoms with Gasteiger partial charge in [-0.1, -0.05) is 42.9 Å². The third kappa shape index (κ3) is 3.93. The molecule has 9 heteroatoms. The van der Waals surface area contributed by atoms with Crippen LogP contribution in [0.25, 0.3) is 0 Å². The number of sulfonamides is 1. The molecule has 160 valence electrons. The summed E-state index contributed by atoms with van der Waals surface area (Å²) in [5, 5.41) is 3.12. The van der Waals surface area contributed by atoms with Gasteiger partial charge in [-0.2, -0.15) is 4.31 Å². The van der Waals surface area contributed by atoms with E-state index in [-0.39, 0.29) is 16.1 Å². The lowest BCUT2D eigenvalue weighted by Crippen LogP contribution is -2.43. The number of benzene rings is 1. The monoisotopic (exact) mass is 447 g/mol. The number of fused-ring (bicyclic) bond motifs is 1. The standard InChI is InChI=1S/C21H25N3O4S2/c1-13-6-8-14(9-7-13)30(27,28)24-10-4-5-16(24)19(26)23-20-22-15-11-21(2,3)12-17(25)18(15)29-20/h6-9,16H,4-5,10-12H2,1-3H3,(H,22,23,26). The van der Waals surface area contributed by atoms with E-state index in [0.29, 0.717) is 47.9 Å². The van der Waals surface area contributed by atoms with Crippen LogP contribution in [0.15, 0.2) is 29.2 Å². The summed E-state index contributed by atoms with van der Waals surface area (Å²) in [5.74, 6) is -0.357. The number of aryl methyl sites for hydroxylation is 1. The zero-order valence-electron chi connectivity index (χ0n) is 17.3. The van der Waals surface area contributed by atoms with Crippen molar-refractivity contribution < 1.29 is 18.0 Å². The largest absolute Gasteiger partial charge is 0.301 e. The SMILES string of the molecule is Cc1ccc(S(=O)(=O)N2CCCC2C(=O)Nc2nc3c(s2)C(=O)CC(C)(C)C3)cc1. The number of rotatable bonds is 4. The van der Waals surface area contributed by atoms with Gasteiger partial charge in [-0.25, -0.2) is 13.4 Å². The molecule has 0 radical (unpaired) electrons. The van der Waals surface area contributed by atoms with Gasteiger partial charge in [0.05, 0.1) is 15.5 Å². The highest BCUT2D eigenvalue weighted by atomic mass is 32.2. The summed E-state index contributed by atoms with van der Waals surface area (Å²) in [6, 6.07) is 5.84. The van der Waals surface area contributed by atoms with E-state index >= 15 is 0 Å². The second-order valence-electron chi connectivity index (χ2n) is 8.81. The molecule has 1 aromatic carbocycles. The van der Waals surface area contributed by atoms with Crippen LogP contribution in [0.5, 0.6) is 0 Å².